The standard InChI is InChI=1S/C42H84N2/c1-4-7-10-13-16-18-20-21-22-23-24-26-28-30-33-36-39-44-41-40-43(42(44)37-34-31-15-12-9-6-3)38-35-32-29-27-25-19-17-14-11-8-5-2/h40-42H,4-39H2,1-3H3. The fourth-order valence-corrected chi connectivity index (χ4v) is 7.25. The molecular formula is C42H84N2. The molecule has 262 valence electrons. The van der Waals surface area contributed by atoms with E-state index in [0.29, 0.717) is 6.17 Å². The van der Waals surface area contributed by atoms with Gasteiger partial charge >= 0.3 is 0 Å². The van der Waals surface area contributed by atoms with Gasteiger partial charge in [-0.15, -0.1) is 0 Å². The summed E-state index contributed by atoms with van der Waals surface area (Å²) in [5.41, 5.74) is 0. The Bertz CT molecular complexity index is 572. The average molecular weight is 617 g/mol. The Hall–Kier alpha value is -0.660. The molecule has 0 spiro atoms. The van der Waals surface area contributed by atoms with Crippen molar-refractivity contribution in [1.82, 2.24) is 9.80 Å². The second-order valence-electron chi connectivity index (χ2n) is 14.6. The maximum Gasteiger partial charge on any atom is 0.101 e. The van der Waals surface area contributed by atoms with Crippen LogP contribution in [0, 0.1) is 0 Å². The van der Waals surface area contributed by atoms with Crippen molar-refractivity contribution in [1.29, 1.82) is 0 Å². The highest BCUT2D eigenvalue weighted by molar-refractivity contribution is 4.97. The van der Waals surface area contributed by atoms with E-state index >= 15 is 0 Å². The van der Waals surface area contributed by atoms with Crippen LogP contribution >= 0.6 is 0 Å². The van der Waals surface area contributed by atoms with Gasteiger partial charge in [-0.1, -0.05) is 213 Å². The van der Waals surface area contributed by atoms with Crippen molar-refractivity contribution in [3.05, 3.63) is 12.4 Å². The third kappa shape index (κ3) is 25.5. The van der Waals surface area contributed by atoms with Crippen LogP contribution < -0.4 is 0 Å². The van der Waals surface area contributed by atoms with Crippen LogP contribution in [-0.4, -0.2) is 29.1 Å². The molecule has 0 aromatic carbocycles. The summed E-state index contributed by atoms with van der Waals surface area (Å²) in [5, 5.41) is 0. The van der Waals surface area contributed by atoms with E-state index in [1.165, 1.54) is 231 Å². The SMILES string of the molecule is CCCCCCCCCCCCCCCCCCN1C=CN(CCCCCCCCCCCCC)C1CCCCCCCC. The maximum absolute atomic E-state index is 2.72. The summed E-state index contributed by atoms with van der Waals surface area (Å²) >= 11 is 0. The molecule has 0 aromatic rings. The minimum Gasteiger partial charge on any atom is -0.356 e. The van der Waals surface area contributed by atoms with Gasteiger partial charge in [-0.05, 0) is 25.7 Å². The zero-order valence-electron chi connectivity index (χ0n) is 31.1. The lowest BCUT2D eigenvalue weighted by Crippen LogP contribution is -2.39. The summed E-state index contributed by atoms with van der Waals surface area (Å²) in [6.45, 7) is 9.49. The van der Waals surface area contributed by atoms with Crippen molar-refractivity contribution in [3.8, 4) is 0 Å². The van der Waals surface area contributed by atoms with Crippen molar-refractivity contribution in [2.45, 2.75) is 245 Å². The van der Waals surface area contributed by atoms with Gasteiger partial charge in [0.15, 0.2) is 0 Å². The van der Waals surface area contributed by atoms with E-state index in [2.05, 4.69) is 43.0 Å². The minimum atomic E-state index is 0.639. The van der Waals surface area contributed by atoms with E-state index in [1.807, 2.05) is 0 Å². The van der Waals surface area contributed by atoms with Gasteiger partial charge in [-0.3, -0.25) is 0 Å². The highest BCUT2D eigenvalue weighted by atomic mass is 15.4. The largest absolute Gasteiger partial charge is 0.356 e. The van der Waals surface area contributed by atoms with Gasteiger partial charge in [0.1, 0.15) is 6.17 Å². The van der Waals surface area contributed by atoms with Crippen LogP contribution in [0.3, 0.4) is 0 Å². The predicted molar refractivity (Wildman–Crippen MR) is 200 cm³/mol. The van der Waals surface area contributed by atoms with Crippen LogP contribution in [0.15, 0.2) is 12.4 Å². The molecule has 0 amide bonds. The first kappa shape index (κ1) is 41.4. The van der Waals surface area contributed by atoms with Crippen LogP contribution in [0.2, 0.25) is 0 Å². The molecule has 1 aliphatic rings. The zero-order chi connectivity index (χ0) is 31.6. The Morgan fingerprint density at radius 2 is 0.523 bits per heavy atom. The molecule has 1 rings (SSSR count). The first-order chi connectivity index (χ1) is 21.8. The molecule has 0 saturated heterocycles. The summed E-state index contributed by atoms with van der Waals surface area (Å²) in [6.07, 6.45) is 54.4. The van der Waals surface area contributed by atoms with Gasteiger partial charge in [0, 0.05) is 25.5 Å². The average Bonchev–Trinajstić information content (AvgIpc) is 3.42. The second kappa shape index (κ2) is 33.7. The van der Waals surface area contributed by atoms with Gasteiger partial charge in [0.25, 0.3) is 0 Å². The van der Waals surface area contributed by atoms with E-state index in [9.17, 15) is 0 Å². The Morgan fingerprint density at radius 1 is 0.295 bits per heavy atom. The van der Waals surface area contributed by atoms with Crippen LogP contribution in [0.4, 0.5) is 0 Å². The summed E-state index contributed by atoms with van der Waals surface area (Å²) in [4.78, 5) is 5.43. The summed E-state index contributed by atoms with van der Waals surface area (Å²) < 4.78 is 0. The lowest BCUT2D eigenvalue weighted by Gasteiger charge is -2.33. The molecule has 1 heterocycles. The molecule has 1 aliphatic heterocycles. The molecule has 0 fully saturated rings. The number of rotatable bonds is 36. The molecule has 0 aromatic heterocycles. The van der Waals surface area contributed by atoms with E-state index in [4.69, 9.17) is 0 Å². The first-order valence-corrected chi connectivity index (χ1v) is 21.0. The van der Waals surface area contributed by atoms with E-state index in [-0.39, 0.29) is 0 Å². The first-order valence-electron chi connectivity index (χ1n) is 21.0. The van der Waals surface area contributed by atoms with Gasteiger partial charge in [-0.2, -0.15) is 0 Å². The summed E-state index contributed by atoms with van der Waals surface area (Å²) in [7, 11) is 0. The van der Waals surface area contributed by atoms with Crippen LogP contribution in [0.25, 0.3) is 0 Å². The fraction of sp³-hybridized carbons (Fsp3) is 0.952. The topological polar surface area (TPSA) is 6.48 Å². The van der Waals surface area contributed by atoms with Crippen molar-refractivity contribution >= 4 is 0 Å². The molecule has 1 unspecified atom stereocenters. The lowest BCUT2D eigenvalue weighted by molar-refractivity contribution is 0.135. The van der Waals surface area contributed by atoms with Crippen molar-refractivity contribution in [2.24, 2.45) is 0 Å². The highest BCUT2D eigenvalue weighted by Gasteiger charge is 2.24. The summed E-state index contributed by atoms with van der Waals surface area (Å²) in [6, 6.07) is 0. The smallest absolute Gasteiger partial charge is 0.101 e. The van der Waals surface area contributed by atoms with Crippen molar-refractivity contribution in [2.75, 3.05) is 13.1 Å². The van der Waals surface area contributed by atoms with Gasteiger partial charge in [-0.25, -0.2) is 0 Å². The molecule has 44 heavy (non-hydrogen) atoms. The van der Waals surface area contributed by atoms with Crippen molar-refractivity contribution in [3.63, 3.8) is 0 Å². The Labute approximate surface area is 280 Å². The zero-order valence-corrected chi connectivity index (χ0v) is 31.1. The normalized spacial score (nSPS) is 14.8. The molecule has 0 radical (unpaired) electrons. The van der Waals surface area contributed by atoms with Gasteiger partial charge in [0.05, 0.1) is 0 Å². The molecule has 0 bridgehead atoms. The fourth-order valence-electron chi connectivity index (χ4n) is 7.25. The molecule has 2 heteroatoms. The summed E-state index contributed by atoms with van der Waals surface area (Å²) in [5.74, 6) is 0. The molecule has 2 nitrogen and oxygen atoms in total. The molecular weight excluding hydrogens is 532 g/mol. The Kier molecular flexibility index (Phi) is 31.7. The third-order valence-corrected chi connectivity index (χ3v) is 10.3. The number of unbranched alkanes of at least 4 members (excludes halogenated alkanes) is 30. The van der Waals surface area contributed by atoms with Crippen LogP contribution in [-0.2, 0) is 0 Å². The second-order valence-corrected chi connectivity index (χ2v) is 14.6. The highest BCUT2D eigenvalue weighted by Crippen LogP contribution is 2.24. The van der Waals surface area contributed by atoms with E-state index in [1.54, 1.807) is 0 Å². The van der Waals surface area contributed by atoms with Crippen LogP contribution in [0.1, 0.15) is 239 Å². The number of nitrogens with zero attached hydrogens (tertiary/aromatic N) is 2. The van der Waals surface area contributed by atoms with E-state index in [0.717, 1.165) is 0 Å². The molecule has 0 N–H and O–H groups in total. The molecule has 0 aliphatic carbocycles. The van der Waals surface area contributed by atoms with Crippen molar-refractivity contribution < 1.29 is 0 Å². The number of hydrogen-bond acceptors (Lipinski definition) is 2. The van der Waals surface area contributed by atoms with Gasteiger partial charge < -0.3 is 9.80 Å². The monoisotopic (exact) mass is 617 g/mol. The Balaban J connectivity index is 2.12. The molecule has 0 saturated carbocycles. The maximum atomic E-state index is 2.72. The quantitative estimate of drug-likeness (QED) is 0.0646. The minimum absolute atomic E-state index is 0.639. The predicted octanol–water partition coefficient (Wildman–Crippen LogP) is 14.7. The van der Waals surface area contributed by atoms with E-state index < -0.39 is 0 Å². The lowest BCUT2D eigenvalue weighted by atomic mass is 10.0. The third-order valence-electron chi connectivity index (χ3n) is 10.3. The number of hydrogen-bond donors (Lipinski definition) is 0. The Morgan fingerprint density at radius 3 is 0.795 bits per heavy atom. The van der Waals surface area contributed by atoms with Crippen LogP contribution in [0.5, 0.6) is 0 Å². The molecule has 1 atom stereocenters. The van der Waals surface area contributed by atoms with Gasteiger partial charge in [0.2, 0.25) is 0 Å².